The minimum Gasteiger partial charge on any atom is -0.381 e. The van der Waals surface area contributed by atoms with Crippen molar-refractivity contribution in [3.63, 3.8) is 0 Å². The van der Waals surface area contributed by atoms with E-state index in [1.807, 2.05) is 12.1 Å². The molecule has 0 aliphatic carbocycles. The highest BCUT2D eigenvalue weighted by Gasteiger charge is 2.53. The van der Waals surface area contributed by atoms with Gasteiger partial charge in [-0.2, -0.15) is 10.4 Å². The van der Waals surface area contributed by atoms with E-state index in [1.165, 1.54) is 28.0 Å². The van der Waals surface area contributed by atoms with Crippen LogP contribution in [0, 0.1) is 24.1 Å². The molecule has 290 valence electrons. The summed E-state index contributed by atoms with van der Waals surface area (Å²) in [5.41, 5.74) is 1.99. The molecule has 0 bridgehead atoms. The number of carbonyl (C=O) groups is 4. The average Bonchev–Trinajstić information content (AvgIpc) is 3.74. The lowest BCUT2D eigenvalue weighted by molar-refractivity contribution is -0.133. The van der Waals surface area contributed by atoms with Gasteiger partial charge in [-0.1, -0.05) is 35.9 Å². The number of carbonyl (C=O) groups excluding carboxylic acids is 4. The van der Waals surface area contributed by atoms with Crippen molar-refractivity contribution in [3.05, 3.63) is 104 Å². The topological polar surface area (TPSA) is 169 Å². The monoisotopic (exact) mass is 783 g/mol. The van der Waals surface area contributed by atoms with Gasteiger partial charge < -0.3 is 24.2 Å². The Bertz CT molecular complexity index is 2300. The number of hydrogen-bond donors (Lipinski definition) is 1. The van der Waals surface area contributed by atoms with Gasteiger partial charge in [-0.05, 0) is 61.2 Å². The number of halogens is 2. The number of nitrogens with zero attached hydrogens (tertiary/aromatic N) is 6. The highest BCUT2D eigenvalue weighted by atomic mass is 35.5. The molecule has 3 aliphatic heterocycles. The molecule has 0 radical (unpaired) electrons. The molecule has 1 N–H and O–H groups in total. The van der Waals surface area contributed by atoms with E-state index in [2.05, 4.69) is 10.2 Å². The molecule has 4 heterocycles. The highest BCUT2D eigenvalue weighted by Crippen LogP contribution is 2.37. The molecule has 2 atom stereocenters. The van der Waals surface area contributed by atoms with Crippen LogP contribution in [-0.2, 0) is 25.5 Å². The van der Waals surface area contributed by atoms with E-state index < -0.39 is 35.8 Å². The van der Waals surface area contributed by atoms with Crippen molar-refractivity contribution in [2.75, 3.05) is 57.4 Å². The molecule has 0 saturated carbocycles. The largest absolute Gasteiger partial charge is 0.381 e. The van der Waals surface area contributed by atoms with Crippen LogP contribution in [0.15, 0.2) is 59.4 Å². The summed E-state index contributed by atoms with van der Waals surface area (Å²) in [4.78, 5) is 70.8. The average molecular weight is 784 g/mol. The van der Waals surface area contributed by atoms with Crippen LogP contribution in [0.4, 0.5) is 14.9 Å². The van der Waals surface area contributed by atoms with Gasteiger partial charge in [0, 0.05) is 57.7 Å². The van der Waals surface area contributed by atoms with Crippen LogP contribution >= 0.6 is 11.6 Å². The third kappa shape index (κ3) is 7.60. The number of piperazine rings is 1. The molecule has 4 aromatic rings. The van der Waals surface area contributed by atoms with Gasteiger partial charge in [-0.25, -0.2) is 19.2 Å². The number of nitrogens with one attached hydrogen (secondary N) is 1. The lowest BCUT2D eigenvalue weighted by Crippen LogP contribution is -2.50. The Morgan fingerprint density at radius 1 is 0.982 bits per heavy atom. The van der Waals surface area contributed by atoms with Crippen LogP contribution in [0.2, 0.25) is 5.02 Å². The summed E-state index contributed by atoms with van der Waals surface area (Å²) >= 11 is 6.30. The second-order valence-corrected chi connectivity index (χ2v) is 14.3. The summed E-state index contributed by atoms with van der Waals surface area (Å²) in [6.07, 6.45) is 1.01. The van der Waals surface area contributed by atoms with Gasteiger partial charge in [0.05, 0.1) is 52.0 Å². The summed E-state index contributed by atoms with van der Waals surface area (Å²) < 4.78 is 26.6. The Kier molecular flexibility index (Phi) is 11.4. The summed E-state index contributed by atoms with van der Waals surface area (Å²) in [5, 5.41) is 17.3. The van der Waals surface area contributed by atoms with Gasteiger partial charge in [0.1, 0.15) is 17.9 Å². The summed E-state index contributed by atoms with van der Waals surface area (Å²) in [6, 6.07) is 15.3. The normalized spacial score (nSPS) is 18.2. The van der Waals surface area contributed by atoms with Crippen molar-refractivity contribution in [1.82, 2.24) is 24.9 Å². The molecule has 5 amide bonds. The van der Waals surface area contributed by atoms with Crippen molar-refractivity contribution in [1.29, 1.82) is 5.26 Å². The van der Waals surface area contributed by atoms with Gasteiger partial charge in [0.15, 0.2) is 0 Å². The van der Waals surface area contributed by atoms with E-state index >= 15 is 0 Å². The number of hydrogen-bond acceptors (Lipinski definition) is 9. The van der Waals surface area contributed by atoms with E-state index in [1.54, 1.807) is 42.2 Å². The van der Waals surface area contributed by atoms with E-state index in [0.29, 0.717) is 79.0 Å². The maximum atomic E-state index is 14.9. The van der Waals surface area contributed by atoms with Crippen LogP contribution in [0.3, 0.4) is 0 Å². The maximum Gasteiger partial charge on any atom is 0.332 e. The number of anilines is 1. The molecule has 3 aromatic carbocycles. The van der Waals surface area contributed by atoms with Crippen molar-refractivity contribution < 1.29 is 33.0 Å². The first-order valence-electron chi connectivity index (χ1n) is 18.4. The summed E-state index contributed by atoms with van der Waals surface area (Å²) in [7, 11) is 0. The van der Waals surface area contributed by atoms with E-state index in [4.69, 9.17) is 21.1 Å². The van der Waals surface area contributed by atoms with Gasteiger partial charge in [-0.15, -0.1) is 0 Å². The fraction of sp³-hybridized carbons (Fsp3) is 0.375. The molecule has 3 aliphatic rings. The number of H-pyrrole nitrogens is 1. The first kappa shape index (κ1) is 38.6. The molecule has 16 heteroatoms. The Hall–Kier alpha value is -5.69. The Balaban J connectivity index is 0.822. The lowest BCUT2D eigenvalue weighted by atomic mass is 10.0. The molecule has 14 nitrogen and oxygen atoms in total. The Morgan fingerprint density at radius 2 is 1.73 bits per heavy atom. The summed E-state index contributed by atoms with van der Waals surface area (Å²) in [6.45, 7) is 3.99. The first-order valence-corrected chi connectivity index (χ1v) is 18.8. The molecule has 1 aromatic heterocycles. The van der Waals surface area contributed by atoms with E-state index in [-0.39, 0.29) is 60.2 Å². The van der Waals surface area contributed by atoms with Gasteiger partial charge in [0.2, 0.25) is 5.91 Å². The van der Waals surface area contributed by atoms with Crippen LogP contribution in [0.1, 0.15) is 52.0 Å². The number of aromatic amines is 1. The number of nitriles is 1. The lowest BCUT2D eigenvalue weighted by Gasteiger charge is -2.35. The number of fused-ring (bicyclic) bond motifs is 2. The molecular weight excluding hydrogens is 745 g/mol. The molecule has 7 rings (SSSR count). The number of imide groups is 1. The number of benzene rings is 3. The molecule has 0 unspecified atom stereocenters. The zero-order valence-corrected chi connectivity index (χ0v) is 31.4. The number of rotatable bonds is 12. The fourth-order valence-electron chi connectivity index (χ4n) is 7.52. The van der Waals surface area contributed by atoms with Crippen LogP contribution in [0.25, 0.3) is 10.8 Å². The zero-order chi connectivity index (χ0) is 39.5. The molecule has 56 heavy (non-hydrogen) atoms. The smallest absolute Gasteiger partial charge is 0.332 e. The zero-order valence-electron chi connectivity index (χ0n) is 30.6. The van der Waals surface area contributed by atoms with E-state index in [9.17, 15) is 33.6 Å². The fourth-order valence-corrected chi connectivity index (χ4v) is 7.72. The van der Waals surface area contributed by atoms with Gasteiger partial charge in [0.25, 0.3) is 17.4 Å². The Labute approximate surface area is 326 Å². The van der Waals surface area contributed by atoms with Gasteiger partial charge >= 0.3 is 6.03 Å². The standard InChI is InChI=1S/C40H39ClFN7O7/c1-24-32(10-8-26(23-43)35(24)41)49-39(53)36-33(11-13-48(36)40(49)54)56-19-4-18-55-20-12-34(50)46-14-16-47(17-15-46)38(52)29-21-25(7-9-30(29)42)22-31-27-5-2-3-6-28(27)37(51)45-44-31/h2-3,5-10,21,33,36H,4,11-20,22H2,1H3,(H,45,51)/t33-,36+/m1/s1. The third-order valence-corrected chi connectivity index (χ3v) is 11.0. The molecule has 0 spiro atoms. The SMILES string of the molecule is Cc1c(N2C(=O)[C@@H]3[C@H](OCCCOCCC(=O)N4CCN(C(=O)c5cc(Cc6n[nH]c(=O)c7ccccc67)ccc5F)CC4)CCN3C2=O)ccc(C#N)c1Cl. The minimum absolute atomic E-state index is 0.0625. The van der Waals surface area contributed by atoms with Crippen LogP contribution < -0.4 is 10.5 Å². The van der Waals surface area contributed by atoms with Crippen molar-refractivity contribution in [2.24, 2.45) is 0 Å². The van der Waals surface area contributed by atoms with Crippen LogP contribution in [0.5, 0.6) is 0 Å². The quantitative estimate of drug-likeness (QED) is 0.164. The predicted molar refractivity (Wildman–Crippen MR) is 203 cm³/mol. The molecular formula is C40H39ClFN7O7. The summed E-state index contributed by atoms with van der Waals surface area (Å²) in [5.74, 6) is -1.60. The third-order valence-electron chi connectivity index (χ3n) is 10.5. The number of aromatic nitrogens is 2. The van der Waals surface area contributed by atoms with Gasteiger partial charge in [-0.3, -0.25) is 19.2 Å². The Morgan fingerprint density at radius 3 is 2.50 bits per heavy atom. The van der Waals surface area contributed by atoms with Crippen molar-refractivity contribution in [2.45, 2.75) is 44.8 Å². The second kappa shape index (κ2) is 16.6. The first-order chi connectivity index (χ1) is 27.1. The molecule has 3 saturated heterocycles. The number of amides is 5. The van der Waals surface area contributed by atoms with Crippen LogP contribution in [-0.4, -0.2) is 113 Å². The van der Waals surface area contributed by atoms with E-state index in [0.717, 1.165) is 4.90 Å². The maximum absolute atomic E-state index is 14.9. The predicted octanol–water partition coefficient (Wildman–Crippen LogP) is 4.19. The minimum atomic E-state index is -0.748. The van der Waals surface area contributed by atoms with Crippen molar-refractivity contribution in [3.8, 4) is 6.07 Å². The highest BCUT2D eigenvalue weighted by molar-refractivity contribution is 6.33. The number of ether oxygens (including phenoxy) is 2. The second-order valence-electron chi connectivity index (χ2n) is 13.9. The number of urea groups is 1. The molecule has 3 fully saturated rings. The van der Waals surface area contributed by atoms with Crippen molar-refractivity contribution >= 4 is 51.8 Å².